The summed E-state index contributed by atoms with van der Waals surface area (Å²) in [5.41, 5.74) is 6.09. The molecule has 3 aromatic rings. The number of aliphatic hydroxyl groups excluding tert-OH is 1. The second-order valence-electron chi connectivity index (χ2n) is 15.7. The van der Waals surface area contributed by atoms with Crippen LogP contribution >= 0.6 is 0 Å². The minimum absolute atomic E-state index is 0.00390. The lowest BCUT2D eigenvalue weighted by atomic mass is 9.98. The third-order valence-corrected chi connectivity index (χ3v) is 10.9. The molecule has 56 heavy (non-hydrogen) atoms. The molecule has 1 fully saturated rings. The molecular formula is C48H70N2O6. The first-order valence-corrected chi connectivity index (χ1v) is 21.8. The van der Waals surface area contributed by atoms with Gasteiger partial charge in [0.05, 0.1) is 18.8 Å². The molecule has 1 aliphatic heterocycles. The van der Waals surface area contributed by atoms with Gasteiger partial charge < -0.3 is 29.9 Å². The van der Waals surface area contributed by atoms with Crippen LogP contribution in [0.2, 0.25) is 0 Å². The monoisotopic (exact) mass is 771 g/mol. The number of ether oxygens (including phenoxy) is 2. The predicted molar refractivity (Wildman–Crippen MR) is 226 cm³/mol. The highest BCUT2D eigenvalue weighted by Gasteiger charge is 2.33. The van der Waals surface area contributed by atoms with E-state index in [9.17, 15) is 14.7 Å². The van der Waals surface area contributed by atoms with Gasteiger partial charge in [0.1, 0.15) is 0 Å². The van der Waals surface area contributed by atoms with Crippen LogP contribution in [-0.4, -0.2) is 52.7 Å². The minimum Gasteiger partial charge on any atom is -0.481 e. The Morgan fingerprint density at radius 2 is 1.29 bits per heavy atom. The molecular weight excluding hydrogens is 701 g/mol. The third-order valence-electron chi connectivity index (χ3n) is 10.9. The number of carboxylic acid groups (broad SMARTS) is 1. The maximum atomic E-state index is 12.5. The van der Waals surface area contributed by atoms with Gasteiger partial charge in [0.15, 0.2) is 6.29 Å². The van der Waals surface area contributed by atoms with Crippen LogP contribution in [0.5, 0.6) is 0 Å². The van der Waals surface area contributed by atoms with Crippen molar-refractivity contribution in [3.63, 3.8) is 0 Å². The van der Waals surface area contributed by atoms with Crippen molar-refractivity contribution < 1.29 is 29.3 Å². The number of aliphatic carboxylic acids is 1. The van der Waals surface area contributed by atoms with E-state index in [1.54, 1.807) is 0 Å². The number of unbranched alkanes of at least 4 members (excludes halogenated alkanes) is 12. The number of amides is 1. The van der Waals surface area contributed by atoms with Crippen molar-refractivity contribution >= 4 is 11.9 Å². The molecule has 0 unspecified atom stereocenters. The first-order chi connectivity index (χ1) is 27.4. The van der Waals surface area contributed by atoms with E-state index in [4.69, 9.17) is 14.6 Å². The number of rotatable bonds is 28. The highest BCUT2D eigenvalue weighted by atomic mass is 16.7. The van der Waals surface area contributed by atoms with Crippen LogP contribution in [-0.2, 0) is 32.2 Å². The fourth-order valence-corrected chi connectivity index (χ4v) is 7.60. The maximum absolute atomic E-state index is 12.5. The summed E-state index contributed by atoms with van der Waals surface area (Å²) >= 11 is 0. The molecule has 308 valence electrons. The molecule has 0 aromatic heterocycles. The van der Waals surface area contributed by atoms with Gasteiger partial charge in [-0.05, 0) is 78.7 Å². The van der Waals surface area contributed by atoms with E-state index in [0.717, 1.165) is 65.9 Å². The minimum atomic E-state index is -0.795. The zero-order valence-electron chi connectivity index (χ0n) is 34.4. The number of hydrogen-bond acceptors (Lipinski definition) is 6. The van der Waals surface area contributed by atoms with Crippen molar-refractivity contribution in [3.05, 3.63) is 95.1 Å². The summed E-state index contributed by atoms with van der Waals surface area (Å²) in [5.74, 6) is -0.816. The number of carbonyl (C=O) groups excluding carboxylic acids is 1. The number of hydrogen-bond donors (Lipinski definition) is 3. The number of benzene rings is 3. The molecule has 0 bridgehead atoms. The molecule has 3 atom stereocenters. The van der Waals surface area contributed by atoms with E-state index in [2.05, 4.69) is 72.6 Å². The normalized spacial score (nSPS) is 17.0. The highest BCUT2D eigenvalue weighted by Crippen LogP contribution is 2.39. The van der Waals surface area contributed by atoms with Gasteiger partial charge in [-0.2, -0.15) is 0 Å². The van der Waals surface area contributed by atoms with Crippen molar-refractivity contribution in [2.75, 3.05) is 19.6 Å². The molecule has 0 saturated carbocycles. The van der Waals surface area contributed by atoms with Crippen LogP contribution in [0.3, 0.4) is 0 Å². The summed E-state index contributed by atoms with van der Waals surface area (Å²) < 4.78 is 13.7. The maximum Gasteiger partial charge on any atom is 0.303 e. The summed E-state index contributed by atoms with van der Waals surface area (Å²) in [5, 5.41) is 21.5. The van der Waals surface area contributed by atoms with Gasteiger partial charge in [0.25, 0.3) is 0 Å². The Hall–Kier alpha value is -3.56. The average molecular weight is 771 g/mol. The third kappa shape index (κ3) is 16.9. The number of carbonyl (C=O) groups is 2. The van der Waals surface area contributed by atoms with Gasteiger partial charge in [0.2, 0.25) is 5.91 Å². The van der Waals surface area contributed by atoms with Gasteiger partial charge in [-0.15, -0.1) is 0 Å². The second-order valence-corrected chi connectivity index (χ2v) is 15.7. The second kappa shape index (κ2) is 26.4. The van der Waals surface area contributed by atoms with E-state index in [1.165, 1.54) is 77.0 Å². The molecule has 3 aromatic carbocycles. The van der Waals surface area contributed by atoms with Crippen LogP contribution in [0.15, 0.2) is 72.8 Å². The zero-order chi connectivity index (χ0) is 39.8. The molecule has 1 aliphatic rings. The van der Waals surface area contributed by atoms with Crippen LogP contribution in [0.25, 0.3) is 11.1 Å². The fourth-order valence-electron chi connectivity index (χ4n) is 7.60. The lowest BCUT2D eigenvalue weighted by Gasteiger charge is -2.38. The lowest BCUT2D eigenvalue weighted by molar-refractivity contribution is -0.253. The Morgan fingerprint density at radius 1 is 0.679 bits per heavy atom. The van der Waals surface area contributed by atoms with Gasteiger partial charge in [-0.25, -0.2) is 0 Å². The van der Waals surface area contributed by atoms with Crippen LogP contribution in [0.1, 0.15) is 164 Å². The predicted octanol–water partition coefficient (Wildman–Crippen LogP) is 11.1. The smallest absolute Gasteiger partial charge is 0.303 e. The summed E-state index contributed by atoms with van der Waals surface area (Å²) in [6.07, 6.45) is 18.1. The van der Waals surface area contributed by atoms with Crippen LogP contribution < -0.4 is 5.32 Å². The molecule has 3 N–H and O–H groups in total. The molecule has 1 heterocycles. The van der Waals surface area contributed by atoms with Crippen molar-refractivity contribution in [2.45, 2.75) is 161 Å². The van der Waals surface area contributed by atoms with E-state index < -0.39 is 12.3 Å². The van der Waals surface area contributed by atoms with E-state index >= 15 is 0 Å². The Balaban J connectivity index is 1.45. The van der Waals surface area contributed by atoms with Crippen LogP contribution in [0.4, 0.5) is 0 Å². The number of nitrogens with zero attached hydrogens (tertiary/aromatic N) is 1. The van der Waals surface area contributed by atoms with Crippen LogP contribution in [0, 0.1) is 0 Å². The van der Waals surface area contributed by atoms with Crippen molar-refractivity contribution in [2.24, 2.45) is 0 Å². The molecule has 0 aliphatic carbocycles. The number of nitrogens with one attached hydrogen (secondary N) is 1. The summed E-state index contributed by atoms with van der Waals surface area (Å²) in [6.45, 7) is 8.07. The zero-order valence-corrected chi connectivity index (χ0v) is 34.4. The summed E-state index contributed by atoms with van der Waals surface area (Å²) in [6, 6.07) is 24.8. The Labute approximate surface area is 337 Å². The molecule has 8 heteroatoms. The Bertz CT molecular complexity index is 1530. The first kappa shape index (κ1) is 45.1. The molecule has 1 saturated heterocycles. The topological polar surface area (TPSA) is 108 Å². The standard InChI is InChI=1S/C48H70N2O6/c1-3-5-7-9-11-16-30-50(31-17-12-10-8-6-4-2)36-44-34-45(40-28-26-38(37-51)27-29-40)56-48(55-44)43-23-19-22-42(33-43)41-21-18-20-39(32-41)35-49-46(52)24-14-13-15-25-47(53)54/h18-23,26-29,32-33,44-45,48,51H,3-17,24-25,30-31,34-37H2,1-2H3,(H,49,52)(H,53,54)/t44-,45+,48+/m1/s1. The van der Waals surface area contributed by atoms with Gasteiger partial charge >= 0.3 is 5.97 Å². The average Bonchev–Trinajstić information content (AvgIpc) is 3.22. The quantitative estimate of drug-likeness (QED) is 0.0631. The fraction of sp³-hybridized carbons (Fsp3) is 0.583. The Morgan fingerprint density at radius 3 is 1.95 bits per heavy atom. The van der Waals surface area contributed by atoms with E-state index in [-0.39, 0.29) is 31.1 Å². The molecule has 0 radical (unpaired) electrons. The summed E-state index contributed by atoms with van der Waals surface area (Å²) in [7, 11) is 0. The largest absolute Gasteiger partial charge is 0.481 e. The number of carboxylic acids is 1. The lowest BCUT2D eigenvalue weighted by Crippen LogP contribution is -2.40. The van der Waals surface area contributed by atoms with Gasteiger partial charge in [0, 0.05) is 37.9 Å². The summed E-state index contributed by atoms with van der Waals surface area (Å²) in [4.78, 5) is 25.9. The van der Waals surface area contributed by atoms with Crippen molar-refractivity contribution in [1.82, 2.24) is 10.2 Å². The van der Waals surface area contributed by atoms with Gasteiger partial charge in [-0.1, -0.05) is 145 Å². The van der Waals surface area contributed by atoms with Crippen molar-refractivity contribution in [3.8, 4) is 11.1 Å². The molecule has 0 spiro atoms. The first-order valence-electron chi connectivity index (χ1n) is 21.8. The molecule has 8 nitrogen and oxygen atoms in total. The molecule has 1 amide bonds. The van der Waals surface area contributed by atoms with Gasteiger partial charge in [-0.3, -0.25) is 9.59 Å². The SMILES string of the molecule is CCCCCCCCN(CCCCCCCC)C[C@H]1C[C@@H](c2ccc(CO)cc2)O[C@@H](c2cccc(-c3cccc(CNC(=O)CCCCCC(=O)O)c3)c2)O1. The Kier molecular flexibility index (Phi) is 21.3. The molecule has 4 rings (SSSR count). The number of aliphatic hydroxyl groups is 1. The highest BCUT2D eigenvalue weighted by molar-refractivity contribution is 5.76. The van der Waals surface area contributed by atoms with E-state index in [1.807, 2.05) is 24.3 Å². The van der Waals surface area contributed by atoms with Crippen molar-refractivity contribution in [1.29, 1.82) is 0 Å². The van der Waals surface area contributed by atoms with E-state index in [0.29, 0.717) is 25.8 Å².